The third-order valence-corrected chi connectivity index (χ3v) is 6.00. The van der Waals surface area contributed by atoms with E-state index >= 15 is 0 Å². The zero-order valence-electron chi connectivity index (χ0n) is 17.9. The van der Waals surface area contributed by atoms with Crippen LogP contribution in [0.5, 0.6) is 0 Å². The lowest BCUT2D eigenvalue weighted by Gasteiger charge is -2.33. The van der Waals surface area contributed by atoms with Crippen molar-refractivity contribution in [3.05, 3.63) is 143 Å². The summed E-state index contributed by atoms with van der Waals surface area (Å²) in [6, 6.07) is 34.3. The van der Waals surface area contributed by atoms with Gasteiger partial charge in [0.15, 0.2) is 5.78 Å². The number of aldehydes is 1. The first kappa shape index (κ1) is 20.7. The molecule has 5 rings (SSSR count). The van der Waals surface area contributed by atoms with Crippen molar-refractivity contribution in [2.75, 3.05) is 0 Å². The summed E-state index contributed by atoms with van der Waals surface area (Å²) in [5, 5.41) is 0. The Hall–Kier alpha value is -4.24. The molecule has 0 saturated heterocycles. The molecule has 0 saturated carbocycles. The lowest BCUT2D eigenvalue weighted by Crippen LogP contribution is -2.26. The largest absolute Gasteiger partial charge is 0.484 e. The van der Waals surface area contributed by atoms with E-state index in [9.17, 15) is 9.59 Å². The third kappa shape index (κ3) is 4.01. The van der Waals surface area contributed by atoms with Crippen LogP contribution in [-0.4, -0.2) is 12.1 Å². The summed E-state index contributed by atoms with van der Waals surface area (Å²) in [4.78, 5) is 25.9. The predicted molar refractivity (Wildman–Crippen MR) is 130 cm³/mol. The number of rotatable bonds is 6. The average Bonchev–Trinajstić information content (AvgIpc) is 2.90. The van der Waals surface area contributed by atoms with Gasteiger partial charge in [-0.15, -0.1) is 0 Å². The minimum atomic E-state index is -0.692. The molecule has 0 radical (unpaired) electrons. The Bertz CT molecular complexity index is 1320. The molecular formula is C30H22O3. The second-order valence-electron chi connectivity index (χ2n) is 8.00. The highest BCUT2D eigenvalue weighted by atomic mass is 16.5. The van der Waals surface area contributed by atoms with Crippen LogP contribution < -0.4 is 0 Å². The molecule has 0 aromatic heterocycles. The van der Waals surface area contributed by atoms with E-state index in [0.717, 1.165) is 23.0 Å². The highest BCUT2D eigenvalue weighted by Crippen LogP contribution is 2.45. The lowest BCUT2D eigenvalue weighted by atomic mass is 9.79. The summed E-state index contributed by atoms with van der Waals surface area (Å²) in [6.07, 6.45) is 2.23. The number of carbonyl (C=O) groups excluding carboxylic acids is 2. The SMILES string of the molecule is O=Cc1ccccc1[C@@H](C(=O)c1ccccc1)[C@@H]1OC(c2ccccc2)=Cc2ccccc21. The molecule has 0 aliphatic carbocycles. The number of ketones is 1. The molecule has 1 aliphatic rings. The topological polar surface area (TPSA) is 43.4 Å². The van der Waals surface area contributed by atoms with Crippen LogP contribution >= 0.6 is 0 Å². The molecule has 33 heavy (non-hydrogen) atoms. The molecule has 3 nitrogen and oxygen atoms in total. The number of carbonyl (C=O) groups is 2. The van der Waals surface area contributed by atoms with Gasteiger partial charge < -0.3 is 4.74 Å². The number of fused-ring (bicyclic) bond motifs is 1. The Kier molecular flexibility index (Phi) is 5.69. The fraction of sp³-hybridized carbons (Fsp3) is 0.0667. The van der Waals surface area contributed by atoms with Crippen LogP contribution in [-0.2, 0) is 4.74 Å². The lowest BCUT2D eigenvalue weighted by molar-refractivity contribution is 0.0798. The molecule has 2 atom stereocenters. The molecule has 1 heterocycles. The Morgan fingerprint density at radius 2 is 1.39 bits per heavy atom. The quantitative estimate of drug-likeness (QED) is 0.251. The van der Waals surface area contributed by atoms with E-state index in [-0.39, 0.29) is 5.78 Å². The van der Waals surface area contributed by atoms with Gasteiger partial charge in [-0.05, 0) is 17.2 Å². The first-order chi connectivity index (χ1) is 16.3. The molecule has 0 N–H and O–H groups in total. The van der Waals surface area contributed by atoms with E-state index in [0.29, 0.717) is 22.4 Å². The zero-order valence-corrected chi connectivity index (χ0v) is 17.9. The smallest absolute Gasteiger partial charge is 0.174 e. The molecule has 0 spiro atoms. The maximum Gasteiger partial charge on any atom is 0.174 e. The van der Waals surface area contributed by atoms with Gasteiger partial charge in [0.1, 0.15) is 18.1 Å². The molecule has 4 aromatic rings. The Labute approximate surface area is 193 Å². The highest BCUT2D eigenvalue weighted by Gasteiger charge is 2.38. The van der Waals surface area contributed by atoms with Crippen LogP contribution in [0.15, 0.2) is 109 Å². The van der Waals surface area contributed by atoms with Gasteiger partial charge in [-0.25, -0.2) is 0 Å². The van der Waals surface area contributed by atoms with Gasteiger partial charge in [-0.1, -0.05) is 109 Å². The van der Waals surface area contributed by atoms with Gasteiger partial charge in [0, 0.05) is 22.3 Å². The maximum absolute atomic E-state index is 14.0. The first-order valence-electron chi connectivity index (χ1n) is 10.9. The highest BCUT2D eigenvalue weighted by molar-refractivity contribution is 6.03. The summed E-state index contributed by atoms with van der Waals surface area (Å²) in [5.74, 6) is -0.0740. The van der Waals surface area contributed by atoms with E-state index in [1.807, 2.05) is 109 Å². The second-order valence-corrected chi connectivity index (χ2v) is 8.00. The molecule has 1 aliphatic heterocycles. The van der Waals surface area contributed by atoms with Crippen molar-refractivity contribution in [2.45, 2.75) is 12.0 Å². The fourth-order valence-corrected chi connectivity index (χ4v) is 4.40. The van der Waals surface area contributed by atoms with Crippen molar-refractivity contribution >= 4 is 23.9 Å². The Morgan fingerprint density at radius 1 is 0.758 bits per heavy atom. The Morgan fingerprint density at radius 3 is 2.15 bits per heavy atom. The van der Waals surface area contributed by atoms with Crippen LogP contribution in [0.1, 0.15) is 55.0 Å². The second kappa shape index (κ2) is 9.09. The number of benzene rings is 4. The molecule has 4 aromatic carbocycles. The average molecular weight is 431 g/mol. The van der Waals surface area contributed by atoms with Gasteiger partial charge in [0.25, 0.3) is 0 Å². The van der Waals surface area contributed by atoms with Crippen LogP contribution in [0, 0.1) is 0 Å². The number of Topliss-reactive ketones (excluding diaryl/α,β-unsaturated/α-hetero) is 1. The zero-order chi connectivity index (χ0) is 22.6. The summed E-state index contributed by atoms with van der Waals surface area (Å²) < 4.78 is 6.58. The van der Waals surface area contributed by atoms with Crippen LogP contribution in [0.3, 0.4) is 0 Å². The number of ether oxygens (including phenoxy) is 1. The van der Waals surface area contributed by atoms with E-state index < -0.39 is 12.0 Å². The van der Waals surface area contributed by atoms with E-state index in [1.165, 1.54) is 0 Å². The summed E-state index contributed by atoms with van der Waals surface area (Å²) in [6.45, 7) is 0. The van der Waals surface area contributed by atoms with Crippen molar-refractivity contribution in [3.63, 3.8) is 0 Å². The molecule has 0 fully saturated rings. The van der Waals surface area contributed by atoms with Crippen molar-refractivity contribution in [2.24, 2.45) is 0 Å². The van der Waals surface area contributed by atoms with Gasteiger partial charge in [-0.2, -0.15) is 0 Å². The normalized spacial score (nSPS) is 15.5. The van der Waals surface area contributed by atoms with E-state index in [4.69, 9.17) is 4.74 Å². The van der Waals surface area contributed by atoms with Crippen LogP contribution in [0.25, 0.3) is 11.8 Å². The predicted octanol–water partition coefficient (Wildman–Crippen LogP) is 6.74. The van der Waals surface area contributed by atoms with E-state index in [2.05, 4.69) is 0 Å². The maximum atomic E-state index is 14.0. The van der Waals surface area contributed by atoms with Crippen molar-refractivity contribution < 1.29 is 14.3 Å². The summed E-state index contributed by atoms with van der Waals surface area (Å²) in [5.41, 5.74) is 4.60. The van der Waals surface area contributed by atoms with Gasteiger partial charge in [0.2, 0.25) is 0 Å². The van der Waals surface area contributed by atoms with Crippen molar-refractivity contribution in [1.29, 1.82) is 0 Å². The first-order valence-corrected chi connectivity index (χ1v) is 10.9. The van der Waals surface area contributed by atoms with Crippen LogP contribution in [0.2, 0.25) is 0 Å². The molecule has 0 amide bonds. The minimum absolute atomic E-state index is 0.0842. The van der Waals surface area contributed by atoms with Crippen molar-refractivity contribution in [1.82, 2.24) is 0 Å². The monoisotopic (exact) mass is 430 g/mol. The van der Waals surface area contributed by atoms with E-state index in [1.54, 1.807) is 6.07 Å². The van der Waals surface area contributed by atoms with Gasteiger partial charge in [0.05, 0.1) is 5.92 Å². The standard InChI is InChI=1S/C30H22O3/c31-20-24-16-8-9-17-25(24)28(29(32)22-13-5-2-6-14-22)30-26-18-10-7-15-23(26)19-27(33-30)21-11-3-1-4-12-21/h1-20,28,30H/t28-,30+/m0/s1. The Balaban J connectivity index is 1.69. The van der Waals surface area contributed by atoms with Crippen molar-refractivity contribution in [3.8, 4) is 0 Å². The number of hydrogen-bond donors (Lipinski definition) is 0. The summed E-state index contributed by atoms with van der Waals surface area (Å²) >= 11 is 0. The van der Waals surface area contributed by atoms with Gasteiger partial charge >= 0.3 is 0 Å². The molecule has 0 bridgehead atoms. The fourth-order valence-electron chi connectivity index (χ4n) is 4.40. The number of hydrogen-bond acceptors (Lipinski definition) is 3. The minimum Gasteiger partial charge on any atom is -0.484 e. The summed E-state index contributed by atoms with van der Waals surface area (Å²) in [7, 11) is 0. The van der Waals surface area contributed by atoms with Crippen LogP contribution in [0.4, 0.5) is 0 Å². The molecular weight excluding hydrogens is 408 g/mol. The molecule has 3 heteroatoms. The third-order valence-electron chi connectivity index (χ3n) is 6.00. The molecule has 0 unspecified atom stereocenters. The molecule has 160 valence electrons. The van der Waals surface area contributed by atoms with Gasteiger partial charge in [-0.3, -0.25) is 9.59 Å².